The predicted molar refractivity (Wildman–Crippen MR) is 118 cm³/mol. The largest absolute Gasteiger partial charge is 0.466 e. The molecule has 3 aliphatic heterocycles. The molecule has 1 N–H and O–H groups in total. The van der Waals surface area contributed by atoms with E-state index < -0.39 is 0 Å². The first-order valence-corrected chi connectivity index (χ1v) is 11.8. The highest BCUT2D eigenvalue weighted by molar-refractivity contribution is 8.16. The van der Waals surface area contributed by atoms with Gasteiger partial charge in [0.15, 0.2) is 5.17 Å². The number of fused-ring (bicyclic) bond motifs is 1. The molecule has 0 spiro atoms. The van der Waals surface area contributed by atoms with Gasteiger partial charge in [-0.15, -0.1) is 11.3 Å². The van der Waals surface area contributed by atoms with Crippen molar-refractivity contribution in [3.8, 4) is 0 Å². The second kappa shape index (κ2) is 9.36. The third kappa shape index (κ3) is 4.19. The molecule has 3 aliphatic rings. The van der Waals surface area contributed by atoms with Crippen molar-refractivity contribution >= 4 is 40.1 Å². The van der Waals surface area contributed by atoms with Gasteiger partial charge in [-0.2, -0.15) is 0 Å². The quantitative estimate of drug-likeness (QED) is 0.644. The summed E-state index contributed by atoms with van der Waals surface area (Å²) in [5, 5.41) is 7.72. The van der Waals surface area contributed by atoms with Crippen LogP contribution in [0.1, 0.15) is 43.5 Å². The molecule has 1 saturated heterocycles. The van der Waals surface area contributed by atoms with Crippen molar-refractivity contribution in [2.24, 2.45) is 4.99 Å². The van der Waals surface area contributed by atoms with Gasteiger partial charge in [-0.1, -0.05) is 24.8 Å². The first-order valence-electron chi connectivity index (χ1n) is 10.1. The Hall–Kier alpha value is -2.10. The van der Waals surface area contributed by atoms with E-state index in [0.29, 0.717) is 18.5 Å². The summed E-state index contributed by atoms with van der Waals surface area (Å²) in [6, 6.07) is 3.63. The summed E-state index contributed by atoms with van der Waals surface area (Å²) in [5.74, 6) is -0.444. The first-order chi connectivity index (χ1) is 14.6. The van der Waals surface area contributed by atoms with Crippen LogP contribution in [0.2, 0.25) is 0 Å². The van der Waals surface area contributed by atoms with Crippen molar-refractivity contribution in [3.05, 3.63) is 44.8 Å². The maximum absolute atomic E-state index is 12.7. The van der Waals surface area contributed by atoms with Crippen molar-refractivity contribution < 1.29 is 19.1 Å². The van der Waals surface area contributed by atoms with Crippen molar-refractivity contribution in [3.63, 3.8) is 0 Å². The highest BCUT2D eigenvalue weighted by Crippen LogP contribution is 2.46. The van der Waals surface area contributed by atoms with E-state index in [4.69, 9.17) is 14.5 Å². The zero-order chi connectivity index (χ0) is 21.1. The van der Waals surface area contributed by atoms with Crippen molar-refractivity contribution in [1.82, 2.24) is 10.2 Å². The zero-order valence-corrected chi connectivity index (χ0v) is 18.7. The molecule has 30 heavy (non-hydrogen) atoms. The minimum atomic E-state index is -0.382. The minimum absolute atomic E-state index is 0.0617. The third-order valence-electron chi connectivity index (χ3n) is 5.33. The Bertz CT molecular complexity index is 901. The van der Waals surface area contributed by atoms with E-state index in [2.05, 4.69) is 5.32 Å². The second-order valence-electron chi connectivity index (χ2n) is 7.23. The molecule has 2 unspecified atom stereocenters. The molecule has 160 valence electrons. The molecule has 1 amide bonds. The van der Waals surface area contributed by atoms with Crippen LogP contribution in [0.5, 0.6) is 0 Å². The van der Waals surface area contributed by atoms with Gasteiger partial charge in [-0.3, -0.25) is 4.79 Å². The number of hydrogen-bond acceptors (Lipinski definition) is 8. The third-order valence-corrected chi connectivity index (χ3v) is 7.15. The van der Waals surface area contributed by atoms with E-state index in [1.807, 2.05) is 34.7 Å². The van der Waals surface area contributed by atoms with Gasteiger partial charge >= 0.3 is 5.97 Å². The van der Waals surface area contributed by atoms with Crippen LogP contribution in [0.4, 0.5) is 0 Å². The lowest BCUT2D eigenvalue weighted by molar-refractivity contribution is -0.136. The lowest BCUT2D eigenvalue weighted by atomic mass is 9.98. The van der Waals surface area contributed by atoms with E-state index in [1.54, 1.807) is 11.3 Å². The van der Waals surface area contributed by atoms with E-state index in [1.165, 1.54) is 18.9 Å². The Labute approximate surface area is 184 Å². The standard InChI is InChI=1S/C21H25N3O4S2/c1-3-15-18(20(26)27-2)19(16-7-5-9-29-16)24-13(12-30-21(24)23-15)10-17(25)22-11-14-6-4-8-28-14/h5,7,9,12,14,19H,3-4,6,8,10-11H2,1-2H3,(H,22,25). The number of esters is 1. The molecule has 0 aromatic carbocycles. The number of carbonyl (C=O) groups excluding carboxylic acids is 2. The Kier molecular flexibility index (Phi) is 6.60. The Morgan fingerprint density at radius 1 is 1.43 bits per heavy atom. The van der Waals surface area contributed by atoms with Gasteiger partial charge in [0, 0.05) is 23.7 Å². The topological polar surface area (TPSA) is 80.2 Å². The summed E-state index contributed by atoms with van der Waals surface area (Å²) < 4.78 is 10.7. The fourth-order valence-corrected chi connectivity index (χ4v) is 5.65. The van der Waals surface area contributed by atoms with Gasteiger partial charge in [-0.05, 0) is 36.1 Å². The molecule has 4 rings (SSSR count). The number of hydrogen-bond donors (Lipinski definition) is 1. The number of nitrogens with zero attached hydrogens (tertiary/aromatic N) is 2. The van der Waals surface area contributed by atoms with Crippen molar-refractivity contribution in [2.45, 2.75) is 44.8 Å². The van der Waals surface area contributed by atoms with E-state index in [9.17, 15) is 9.59 Å². The van der Waals surface area contributed by atoms with Crippen LogP contribution >= 0.6 is 23.1 Å². The number of ether oxygens (including phenoxy) is 2. The average Bonchev–Trinajstić information content (AvgIpc) is 3.52. The molecular weight excluding hydrogens is 422 g/mol. The molecular formula is C21H25N3O4S2. The number of aliphatic imine (C=N–C) groups is 1. The van der Waals surface area contributed by atoms with E-state index >= 15 is 0 Å². The van der Waals surface area contributed by atoms with Crippen LogP contribution in [0.3, 0.4) is 0 Å². The molecule has 2 atom stereocenters. The summed E-state index contributed by atoms with van der Waals surface area (Å²) in [7, 11) is 1.39. The number of amides is 1. The number of thiophene rings is 1. The smallest absolute Gasteiger partial charge is 0.338 e. The molecule has 0 saturated carbocycles. The number of amidine groups is 1. The molecule has 0 aliphatic carbocycles. The molecule has 1 aromatic rings. The van der Waals surface area contributed by atoms with Crippen LogP contribution in [0, 0.1) is 0 Å². The second-order valence-corrected chi connectivity index (χ2v) is 9.05. The predicted octanol–water partition coefficient (Wildman–Crippen LogP) is 3.57. The fourth-order valence-electron chi connectivity index (χ4n) is 3.89. The summed E-state index contributed by atoms with van der Waals surface area (Å²) in [6.45, 7) is 3.28. The van der Waals surface area contributed by atoms with Crippen LogP contribution in [-0.4, -0.2) is 48.3 Å². The maximum atomic E-state index is 12.7. The highest BCUT2D eigenvalue weighted by atomic mass is 32.2. The number of carbonyl (C=O) groups is 2. The van der Waals surface area contributed by atoms with Crippen molar-refractivity contribution in [2.75, 3.05) is 20.3 Å². The summed E-state index contributed by atoms with van der Waals surface area (Å²) >= 11 is 3.07. The van der Waals surface area contributed by atoms with E-state index in [0.717, 1.165) is 40.9 Å². The first kappa shape index (κ1) is 21.1. The number of nitrogens with one attached hydrogen (secondary N) is 1. The van der Waals surface area contributed by atoms with Gasteiger partial charge in [-0.25, -0.2) is 9.79 Å². The van der Waals surface area contributed by atoms with Gasteiger partial charge in [0.25, 0.3) is 0 Å². The van der Waals surface area contributed by atoms with Gasteiger partial charge < -0.3 is 19.7 Å². The molecule has 9 heteroatoms. The lowest BCUT2D eigenvalue weighted by Crippen LogP contribution is -2.38. The summed E-state index contributed by atoms with van der Waals surface area (Å²) in [5.41, 5.74) is 2.11. The molecule has 0 bridgehead atoms. The van der Waals surface area contributed by atoms with Crippen LogP contribution < -0.4 is 5.32 Å². The SMILES string of the molecule is CCC1=C(C(=O)OC)C(c2cccs2)N2C(CC(=O)NCC3CCCO3)=CSC2=N1. The highest BCUT2D eigenvalue weighted by Gasteiger charge is 2.41. The summed E-state index contributed by atoms with van der Waals surface area (Å²) in [6.07, 6.45) is 2.97. The molecule has 1 fully saturated rings. The maximum Gasteiger partial charge on any atom is 0.338 e. The number of methoxy groups -OCH3 is 1. The van der Waals surface area contributed by atoms with Gasteiger partial charge in [0.2, 0.25) is 5.91 Å². The normalized spacial score (nSPS) is 23.2. The van der Waals surface area contributed by atoms with Crippen molar-refractivity contribution in [1.29, 1.82) is 0 Å². The fraction of sp³-hybridized carbons (Fsp3) is 0.476. The Morgan fingerprint density at radius 2 is 2.30 bits per heavy atom. The zero-order valence-electron chi connectivity index (χ0n) is 17.1. The Balaban J connectivity index is 1.57. The minimum Gasteiger partial charge on any atom is -0.466 e. The molecule has 1 aromatic heterocycles. The molecule has 7 nitrogen and oxygen atoms in total. The van der Waals surface area contributed by atoms with E-state index in [-0.39, 0.29) is 30.4 Å². The molecule has 0 radical (unpaired) electrons. The van der Waals surface area contributed by atoms with Gasteiger partial charge in [0.1, 0.15) is 6.04 Å². The number of thioether (sulfide) groups is 1. The lowest BCUT2D eigenvalue weighted by Gasteiger charge is -2.35. The molecule has 4 heterocycles. The van der Waals surface area contributed by atoms with Crippen LogP contribution in [-0.2, 0) is 19.1 Å². The number of rotatable bonds is 7. The van der Waals surface area contributed by atoms with Crippen LogP contribution in [0.25, 0.3) is 0 Å². The monoisotopic (exact) mass is 447 g/mol. The van der Waals surface area contributed by atoms with Crippen LogP contribution in [0.15, 0.2) is 44.9 Å². The van der Waals surface area contributed by atoms with Gasteiger partial charge in [0.05, 0.1) is 30.9 Å². The summed E-state index contributed by atoms with van der Waals surface area (Å²) in [4.78, 5) is 33.1. The average molecular weight is 448 g/mol. The Morgan fingerprint density at radius 3 is 2.97 bits per heavy atom. The number of allylic oxidation sites excluding steroid dienone is 1.